The highest BCUT2D eigenvalue weighted by atomic mass is 19.2. The lowest BCUT2D eigenvalue weighted by molar-refractivity contribution is -0.131. The summed E-state index contributed by atoms with van der Waals surface area (Å²) in [4.78, 5) is 25.1. The van der Waals surface area contributed by atoms with Crippen molar-refractivity contribution >= 4 is 23.2 Å². The smallest absolute Gasteiger partial charge is 0.241 e. The lowest BCUT2D eigenvalue weighted by atomic mass is 10.0. The molecule has 126 valence electrons. The van der Waals surface area contributed by atoms with Crippen molar-refractivity contribution in [1.82, 2.24) is 4.90 Å². The van der Waals surface area contributed by atoms with Crippen LogP contribution >= 0.6 is 0 Å². The van der Waals surface area contributed by atoms with E-state index in [1.54, 1.807) is 4.90 Å². The summed E-state index contributed by atoms with van der Waals surface area (Å²) in [6.45, 7) is 4.74. The molecule has 0 saturated carbocycles. The molecule has 1 aromatic carbocycles. The maximum Gasteiger partial charge on any atom is 0.241 e. The van der Waals surface area contributed by atoms with E-state index in [4.69, 9.17) is 0 Å². The van der Waals surface area contributed by atoms with Crippen molar-refractivity contribution in [3.8, 4) is 0 Å². The molecule has 1 aliphatic heterocycles. The predicted molar refractivity (Wildman–Crippen MR) is 84.1 cm³/mol. The lowest BCUT2D eigenvalue weighted by Gasteiger charge is -2.31. The topological polar surface area (TPSA) is 61.4 Å². The standard InChI is InChI=1S/C16H21F2N3O2/c1-10-4-3-5-21(9-10)16(23)8-19-14-6-12(17)13(18)7-15(14)20-11(2)22/h6-7,10,19H,3-5,8-9H2,1-2H3,(H,20,22)/t10-/m1/s1. The number of carbonyl (C=O) groups excluding carboxylic acids is 2. The predicted octanol–water partition coefficient (Wildman–Crippen LogP) is 2.59. The Balaban J connectivity index is 2.05. The van der Waals surface area contributed by atoms with Gasteiger partial charge in [0, 0.05) is 32.1 Å². The van der Waals surface area contributed by atoms with Gasteiger partial charge in [0.2, 0.25) is 11.8 Å². The van der Waals surface area contributed by atoms with E-state index in [0.29, 0.717) is 19.0 Å². The van der Waals surface area contributed by atoms with Crippen molar-refractivity contribution in [3.05, 3.63) is 23.8 Å². The van der Waals surface area contributed by atoms with Crippen LogP contribution in [0.25, 0.3) is 0 Å². The fraction of sp³-hybridized carbons (Fsp3) is 0.500. The van der Waals surface area contributed by atoms with Gasteiger partial charge in [-0.25, -0.2) is 8.78 Å². The summed E-state index contributed by atoms with van der Waals surface area (Å²) < 4.78 is 26.7. The zero-order valence-electron chi connectivity index (χ0n) is 13.3. The molecule has 0 unspecified atom stereocenters. The van der Waals surface area contributed by atoms with E-state index >= 15 is 0 Å². The van der Waals surface area contributed by atoms with E-state index in [1.165, 1.54) is 6.92 Å². The van der Waals surface area contributed by atoms with Crippen molar-refractivity contribution in [2.75, 3.05) is 30.3 Å². The number of rotatable bonds is 4. The number of anilines is 2. The molecule has 0 radical (unpaired) electrons. The second kappa shape index (κ2) is 7.39. The number of nitrogens with zero attached hydrogens (tertiary/aromatic N) is 1. The Morgan fingerprint density at radius 3 is 2.52 bits per heavy atom. The lowest BCUT2D eigenvalue weighted by Crippen LogP contribution is -2.42. The maximum atomic E-state index is 13.4. The summed E-state index contributed by atoms with van der Waals surface area (Å²) >= 11 is 0. The summed E-state index contributed by atoms with van der Waals surface area (Å²) in [5.41, 5.74) is 0.286. The monoisotopic (exact) mass is 325 g/mol. The Morgan fingerprint density at radius 1 is 1.26 bits per heavy atom. The molecule has 2 rings (SSSR count). The highest BCUT2D eigenvalue weighted by Gasteiger charge is 2.21. The Labute approximate surface area is 134 Å². The van der Waals surface area contributed by atoms with E-state index in [-0.39, 0.29) is 23.8 Å². The minimum Gasteiger partial charge on any atom is -0.374 e. The Kier molecular flexibility index (Phi) is 5.52. The van der Waals surface area contributed by atoms with Gasteiger partial charge in [0.1, 0.15) is 0 Å². The molecule has 1 aliphatic rings. The van der Waals surface area contributed by atoms with E-state index in [1.807, 2.05) is 0 Å². The quantitative estimate of drug-likeness (QED) is 0.894. The van der Waals surface area contributed by atoms with E-state index in [9.17, 15) is 18.4 Å². The highest BCUT2D eigenvalue weighted by Crippen LogP contribution is 2.25. The van der Waals surface area contributed by atoms with Gasteiger partial charge >= 0.3 is 0 Å². The minimum absolute atomic E-state index is 0.0373. The van der Waals surface area contributed by atoms with Crippen LogP contribution in [0, 0.1) is 17.6 Å². The van der Waals surface area contributed by atoms with Gasteiger partial charge in [0.15, 0.2) is 11.6 Å². The number of nitrogens with one attached hydrogen (secondary N) is 2. The van der Waals surface area contributed by atoms with Crippen molar-refractivity contribution in [1.29, 1.82) is 0 Å². The summed E-state index contributed by atoms with van der Waals surface area (Å²) in [5, 5.41) is 5.20. The van der Waals surface area contributed by atoms with Gasteiger partial charge in [0.05, 0.1) is 17.9 Å². The second-order valence-corrected chi connectivity index (χ2v) is 5.93. The highest BCUT2D eigenvalue weighted by molar-refractivity contribution is 5.93. The van der Waals surface area contributed by atoms with Crippen LogP contribution in [0.15, 0.2) is 12.1 Å². The Hall–Kier alpha value is -2.18. The van der Waals surface area contributed by atoms with Gasteiger partial charge in [0.25, 0.3) is 0 Å². The van der Waals surface area contributed by atoms with Crippen LogP contribution in [0.1, 0.15) is 26.7 Å². The number of hydrogen-bond donors (Lipinski definition) is 2. The summed E-state index contributed by atoms with van der Waals surface area (Å²) in [6, 6.07) is 1.83. The molecule has 2 N–H and O–H groups in total. The number of hydrogen-bond acceptors (Lipinski definition) is 3. The molecular weight excluding hydrogens is 304 g/mol. The Morgan fingerprint density at radius 2 is 1.91 bits per heavy atom. The number of piperidine rings is 1. The first-order chi connectivity index (χ1) is 10.9. The molecule has 1 atom stereocenters. The van der Waals surface area contributed by atoms with Crippen LogP contribution in [-0.4, -0.2) is 36.3 Å². The first-order valence-electron chi connectivity index (χ1n) is 7.65. The van der Waals surface area contributed by atoms with Gasteiger partial charge in [-0.3, -0.25) is 9.59 Å². The van der Waals surface area contributed by atoms with Crippen LogP contribution in [0.5, 0.6) is 0 Å². The Bertz CT molecular complexity index is 607. The van der Waals surface area contributed by atoms with Crippen LogP contribution < -0.4 is 10.6 Å². The molecule has 1 saturated heterocycles. The molecule has 0 aliphatic carbocycles. The van der Waals surface area contributed by atoms with Crippen molar-refractivity contribution in [3.63, 3.8) is 0 Å². The molecular formula is C16H21F2N3O2. The molecule has 1 heterocycles. The van der Waals surface area contributed by atoms with Gasteiger partial charge in [-0.05, 0) is 18.8 Å². The first kappa shape index (κ1) is 17.2. The molecule has 0 spiro atoms. The van der Waals surface area contributed by atoms with Crippen molar-refractivity contribution in [2.24, 2.45) is 5.92 Å². The third kappa shape index (κ3) is 4.64. The van der Waals surface area contributed by atoms with Gasteiger partial charge in [-0.2, -0.15) is 0 Å². The zero-order chi connectivity index (χ0) is 17.0. The van der Waals surface area contributed by atoms with Gasteiger partial charge in [-0.15, -0.1) is 0 Å². The molecule has 1 aromatic rings. The largest absolute Gasteiger partial charge is 0.374 e. The maximum absolute atomic E-state index is 13.4. The number of likely N-dealkylation sites (tertiary alicyclic amines) is 1. The van der Waals surface area contributed by atoms with Crippen LogP contribution in [0.3, 0.4) is 0 Å². The zero-order valence-corrected chi connectivity index (χ0v) is 13.3. The molecule has 1 fully saturated rings. The molecule has 5 nitrogen and oxygen atoms in total. The fourth-order valence-electron chi connectivity index (χ4n) is 2.68. The van der Waals surface area contributed by atoms with Crippen LogP contribution in [0.4, 0.5) is 20.2 Å². The molecule has 0 bridgehead atoms. The van der Waals surface area contributed by atoms with E-state index in [2.05, 4.69) is 17.6 Å². The van der Waals surface area contributed by atoms with Gasteiger partial charge < -0.3 is 15.5 Å². The third-order valence-corrected chi connectivity index (χ3v) is 3.81. The number of amides is 2. The first-order valence-corrected chi connectivity index (χ1v) is 7.65. The SMILES string of the molecule is CC(=O)Nc1cc(F)c(F)cc1NCC(=O)N1CCC[C@@H](C)C1. The van der Waals surface area contributed by atoms with Crippen molar-refractivity contribution in [2.45, 2.75) is 26.7 Å². The van der Waals surface area contributed by atoms with Crippen LogP contribution in [0.2, 0.25) is 0 Å². The summed E-state index contributed by atoms with van der Waals surface area (Å²) in [6.07, 6.45) is 2.07. The average molecular weight is 325 g/mol. The molecule has 7 heteroatoms. The molecule has 0 aromatic heterocycles. The van der Waals surface area contributed by atoms with E-state index in [0.717, 1.165) is 25.0 Å². The third-order valence-electron chi connectivity index (χ3n) is 3.81. The second-order valence-electron chi connectivity index (χ2n) is 5.93. The number of carbonyl (C=O) groups is 2. The van der Waals surface area contributed by atoms with Crippen molar-refractivity contribution < 1.29 is 18.4 Å². The fourth-order valence-corrected chi connectivity index (χ4v) is 2.68. The number of benzene rings is 1. The minimum atomic E-state index is -1.06. The normalized spacial score (nSPS) is 17.7. The average Bonchev–Trinajstić information content (AvgIpc) is 2.48. The van der Waals surface area contributed by atoms with E-state index < -0.39 is 17.5 Å². The summed E-state index contributed by atoms with van der Waals surface area (Å²) in [5.74, 6) is -2.15. The number of halogens is 2. The summed E-state index contributed by atoms with van der Waals surface area (Å²) in [7, 11) is 0. The molecule has 23 heavy (non-hydrogen) atoms. The molecule has 2 amide bonds. The van der Waals surface area contributed by atoms with Gasteiger partial charge in [-0.1, -0.05) is 6.92 Å². The van der Waals surface area contributed by atoms with Crippen LogP contribution in [-0.2, 0) is 9.59 Å².